The van der Waals surface area contributed by atoms with E-state index in [4.69, 9.17) is 32.5 Å². The first-order valence-electron chi connectivity index (χ1n) is 39.3. The zero-order valence-corrected chi connectivity index (χ0v) is 66.6. The Hall–Kier alpha value is -13.3. The molecule has 4 atom stereocenters. The normalized spacial score (nSPS) is 17.3. The fourth-order valence-electron chi connectivity index (χ4n) is 13.6. The molecule has 0 radical (unpaired) electrons. The van der Waals surface area contributed by atoms with Gasteiger partial charge in [0.1, 0.15) is 47.7 Å². The lowest BCUT2D eigenvalue weighted by Crippen LogP contribution is -2.39. The number of aliphatic imine (C=N–C) groups is 2. The van der Waals surface area contributed by atoms with Crippen molar-refractivity contribution in [1.82, 2.24) is 4.72 Å². The molecule has 17 nitrogen and oxygen atoms in total. The van der Waals surface area contributed by atoms with Crippen LogP contribution in [0.25, 0.3) is 28.0 Å². The molecule has 2 aliphatic carbocycles. The third-order valence-electron chi connectivity index (χ3n) is 19.7. The van der Waals surface area contributed by atoms with Crippen molar-refractivity contribution in [2.24, 2.45) is 9.98 Å². The number of ether oxygens (including phenoxy) is 5. The van der Waals surface area contributed by atoms with Crippen LogP contribution in [-0.2, 0) is 65.1 Å². The van der Waals surface area contributed by atoms with Gasteiger partial charge in [-0.25, -0.2) is 22.9 Å². The van der Waals surface area contributed by atoms with Gasteiger partial charge in [-0.2, -0.15) is 0 Å². The number of rotatable bonds is 0. The van der Waals surface area contributed by atoms with Gasteiger partial charge >= 0.3 is 5.63 Å². The Bertz CT molecular complexity index is 5660. The van der Waals surface area contributed by atoms with Crippen LogP contribution in [0.2, 0.25) is 0 Å². The number of aryl methyl sites for hydroxylation is 1. The van der Waals surface area contributed by atoms with Crippen LogP contribution in [0.1, 0.15) is 50.9 Å². The Labute approximate surface area is 691 Å². The molecule has 9 aliphatic heterocycles. The van der Waals surface area contributed by atoms with E-state index in [0.717, 1.165) is 90.0 Å². The molecule has 24 rings (SSSR count). The van der Waals surface area contributed by atoms with Crippen molar-refractivity contribution in [2.45, 2.75) is 85.3 Å². The zero-order chi connectivity index (χ0) is 80.8. The van der Waals surface area contributed by atoms with Crippen LogP contribution in [0.5, 0.6) is 17.2 Å². The maximum atomic E-state index is 11.1. The summed E-state index contributed by atoms with van der Waals surface area (Å²) >= 11 is 1.94. The molecule has 118 heavy (non-hydrogen) atoms. The van der Waals surface area contributed by atoms with E-state index in [1.54, 1.807) is 36.4 Å². The quantitative estimate of drug-likeness (QED) is 0.104. The van der Waals surface area contributed by atoms with E-state index < -0.39 is 10.0 Å². The van der Waals surface area contributed by atoms with Crippen LogP contribution in [0.3, 0.4) is 0 Å². The minimum Gasteiger partial charge on any atom is -0.493 e. The summed E-state index contributed by atoms with van der Waals surface area (Å²) in [5.74, 6) is 3.01. The third-order valence-corrected chi connectivity index (χ3v) is 22.5. The van der Waals surface area contributed by atoms with Gasteiger partial charge in [-0.1, -0.05) is 237 Å². The summed E-state index contributed by atoms with van der Waals surface area (Å²) in [6, 6.07) is 92.7. The van der Waals surface area contributed by atoms with Crippen LogP contribution in [0.15, 0.2) is 384 Å². The minimum absolute atomic E-state index is 0.00634. The Morgan fingerprint density at radius 2 is 1.09 bits per heavy atom. The fraction of sp³-hybridized carbons (Fsp3) is 0.152. The number of hydrogen-bond acceptors (Lipinski definition) is 17. The average Bonchev–Trinajstić information content (AvgIpc) is 1.77. The Morgan fingerprint density at radius 1 is 0.475 bits per heavy atom. The highest BCUT2D eigenvalue weighted by molar-refractivity contribution is 8.00. The maximum Gasteiger partial charge on any atom is 0.336 e. The van der Waals surface area contributed by atoms with Crippen LogP contribution < -0.4 is 45.9 Å². The number of thioether (sulfide) groups is 1. The number of benzene rings is 11. The molecule has 0 saturated heterocycles. The van der Waals surface area contributed by atoms with Crippen LogP contribution >= 0.6 is 11.8 Å². The van der Waals surface area contributed by atoms with Crippen molar-refractivity contribution in [3.05, 3.63) is 411 Å². The molecule has 4 N–H and O–H groups in total. The van der Waals surface area contributed by atoms with Crippen LogP contribution in [-0.4, -0.2) is 64.2 Å². The predicted octanol–water partition coefficient (Wildman–Crippen LogP) is 20.8. The summed E-state index contributed by atoms with van der Waals surface area (Å²) in [5, 5.41) is 12.4. The fourth-order valence-corrected chi connectivity index (χ4v) is 16.1. The molecule has 0 spiro atoms. The molecule has 13 aromatic rings. The summed E-state index contributed by atoms with van der Waals surface area (Å²) < 4.78 is 61.5. The molecule has 594 valence electrons. The van der Waals surface area contributed by atoms with Gasteiger partial charge in [-0.05, 0) is 150 Å². The van der Waals surface area contributed by atoms with Crippen LogP contribution in [0.4, 0.5) is 28.4 Å². The summed E-state index contributed by atoms with van der Waals surface area (Å²) in [6.07, 6.45) is 30.6. The number of nitrogens with one attached hydrogen (secondary N) is 4. The number of sulfonamides is 1. The molecular weight excluding hydrogens is 1510 g/mol. The van der Waals surface area contributed by atoms with Gasteiger partial charge < -0.3 is 48.5 Å². The summed E-state index contributed by atoms with van der Waals surface area (Å²) in [6.45, 7) is 5.39. The van der Waals surface area contributed by atoms with E-state index in [1.807, 2.05) is 194 Å². The minimum atomic E-state index is -3.16. The Kier molecular flexibility index (Phi) is 28.8. The van der Waals surface area contributed by atoms with Crippen molar-refractivity contribution < 1.29 is 40.9 Å². The molecule has 11 heterocycles. The Balaban J connectivity index is 0.000000107. The lowest BCUT2D eigenvalue weighted by atomic mass is 10.0. The topological polar surface area (TPSA) is 214 Å². The van der Waals surface area contributed by atoms with Gasteiger partial charge in [-0.3, -0.25) is 9.79 Å². The zero-order valence-electron chi connectivity index (χ0n) is 64.9. The van der Waals surface area contributed by atoms with Gasteiger partial charge in [-0.15, -0.1) is 11.8 Å². The molecule has 0 saturated carbocycles. The lowest BCUT2D eigenvalue weighted by molar-refractivity contribution is 0.134. The Morgan fingerprint density at radius 3 is 1.86 bits per heavy atom. The second-order valence-corrected chi connectivity index (χ2v) is 30.7. The van der Waals surface area contributed by atoms with Crippen molar-refractivity contribution >= 4 is 90.9 Å². The summed E-state index contributed by atoms with van der Waals surface area (Å²) in [4.78, 5) is 31.8. The number of allylic oxidation sites excluding steroid dienone is 4. The number of hydrogen-bond donors (Lipinski definition) is 4. The van der Waals surface area contributed by atoms with E-state index in [0.29, 0.717) is 52.5 Å². The smallest absolute Gasteiger partial charge is 0.336 e. The van der Waals surface area contributed by atoms with E-state index in [9.17, 15) is 18.0 Å². The average molecular weight is 1600 g/mol. The standard InChI is InChI=1S/C12H11NO.C12H11NS.2C9H6O2.C9H10O.C9H8O.C8H7NO.C8H9N.C8H7N.C8H8O.C7H7NO2S/c2*1-3-7-11-9(5-1)13-10-6-2-4-8-12(10)14-11;10-8-5-6-11-9-4-2-1-3-7(8)9;10-9-6-5-7-3-1-2-4-8(7)11-9;2*1-2-6-9-8(4-1)5-3-7-10-9;1-2-4-8-7(3-1)5-10-6-9-8;2*1-2-4-8-7(3-1)5-6-9-8;1-2-4-8-6-9-5-7(8)3-1;9-11(10)7-4-2-1-3-6(7)5-8-11/h2*1-9,11,13H;2*1-6H;1-2,4,6H,3,5,7H2;1-6H,7H2;1-4,6H,5H2;1-4,9H,5-6H2;1-4,6H,5H2;1-4H,5-6H2;1-4,8H,5H2. The van der Waals surface area contributed by atoms with Crippen molar-refractivity contribution in [1.29, 1.82) is 0 Å². The van der Waals surface area contributed by atoms with Gasteiger partial charge in [0.25, 0.3) is 0 Å². The second-order valence-electron chi connectivity index (χ2n) is 27.8. The summed E-state index contributed by atoms with van der Waals surface area (Å²) in [5.41, 5.74) is 16.8. The molecular formula is C99H90N6O11S2. The monoisotopic (exact) mass is 1600 g/mol. The van der Waals surface area contributed by atoms with Gasteiger partial charge in [0.2, 0.25) is 10.0 Å². The molecule has 2 aromatic heterocycles. The highest BCUT2D eigenvalue weighted by Gasteiger charge is 2.28. The molecule has 19 heteroatoms. The largest absolute Gasteiger partial charge is 0.493 e. The third kappa shape index (κ3) is 22.8. The molecule has 0 fully saturated rings. The van der Waals surface area contributed by atoms with E-state index in [2.05, 4.69) is 152 Å². The number of para-hydroxylation sites is 10. The predicted molar refractivity (Wildman–Crippen MR) is 476 cm³/mol. The summed E-state index contributed by atoms with van der Waals surface area (Å²) in [7, 11) is -3.16. The first-order valence-corrected chi connectivity index (χ1v) is 41.6. The molecule has 11 aliphatic rings. The van der Waals surface area contributed by atoms with Gasteiger partial charge in [0, 0.05) is 70.6 Å². The highest BCUT2D eigenvalue weighted by Crippen LogP contribution is 2.40. The molecule has 0 amide bonds. The van der Waals surface area contributed by atoms with Crippen molar-refractivity contribution in [3.63, 3.8) is 0 Å². The first kappa shape index (κ1) is 81.3. The lowest BCUT2D eigenvalue weighted by Gasteiger charge is -2.32. The van der Waals surface area contributed by atoms with E-state index in [-0.39, 0.29) is 23.2 Å². The number of anilines is 3. The van der Waals surface area contributed by atoms with Gasteiger partial charge in [0.15, 0.2) is 11.8 Å². The highest BCUT2D eigenvalue weighted by atomic mass is 32.2. The number of nitrogens with zero attached hydrogens (tertiary/aromatic N) is 2. The first-order chi connectivity index (χ1) is 58.1. The number of fused-ring (bicyclic) bond motifs is 13. The maximum absolute atomic E-state index is 11.1. The van der Waals surface area contributed by atoms with Crippen molar-refractivity contribution in [2.75, 3.05) is 35.7 Å². The molecule has 4 unspecified atom stereocenters. The van der Waals surface area contributed by atoms with E-state index in [1.165, 1.54) is 87.3 Å². The van der Waals surface area contributed by atoms with Gasteiger partial charge in [0.05, 0.1) is 70.8 Å². The SMILES string of the molecule is C1=CC2Nc3ccccc3OC2C=C1.C1=CC2Nc3ccccc3SC2C=C1.C1=Cc2ccccc2OC1.C1=Nc2ccccc2C1.C1=Nc2ccccc2CO1.O=S1(=O)NCc2ccccc21.O=c1ccc2ccccc2o1.O=c1ccoc2ccccc12.c1ccc2c(c1)CCCO2.c1ccc2c(c1)CCN2.c1ccc2c(c1)COC2. The molecule has 11 aromatic carbocycles. The van der Waals surface area contributed by atoms with Crippen LogP contribution in [0, 0.1) is 0 Å². The van der Waals surface area contributed by atoms with Crippen molar-refractivity contribution in [3.8, 4) is 17.2 Å². The van der Waals surface area contributed by atoms with E-state index >= 15 is 0 Å². The second kappa shape index (κ2) is 41.8. The molecule has 0 bridgehead atoms.